The summed E-state index contributed by atoms with van der Waals surface area (Å²) < 4.78 is 30.5. The quantitative estimate of drug-likeness (QED) is 0.514. The van der Waals surface area contributed by atoms with E-state index in [0.717, 1.165) is 5.06 Å². The molecule has 0 aliphatic carbocycles. The van der Waals surface area contributed by atoms with Crippen molar-refractivity contribution in [3.63, 3.8) is 0 Å². The van der Waals surface area contributed by atoms with Crippen molar-refractivity contribution in [1.82, 2.24) is 5.06 Å². The Morgan fingerprint density at radius 3 is 2.91 bits per heavy atom. The van der Waals surface area contributed by atoms with E-state index in [0.29, 0.717) is 0 Å². The van der Waals surface area contributed by atoms with E-state index in [1.807, 2.05) is 0 Å². The Hall–Kier alpha value is 2.66. The van der Waals surface area contributed by atoms with Crippen molar-refractivity contribution >= 4 is 51.4 Å². The summed E-state index contributed by atoms with van der Waals surface area (Å²) in [5.41, 5.74) is 0. The molecule has 1 aliphatic heterocycles. The molecule has 0 bridgehead atoms. The molecule has 0 N–H and O–H groups in total. The molecule has 2 nitrogen and oxygen atoms in total. The first-order valence-electron chi connectivity index (χ1n) is 5.00. The van der Waals surface area contributed by atoms with Crippen LogP contribution >= 0.6 is 0 Å². The van der Waals surface area contributed by atoms with Gasteiger partial charge in [0, 0.05) is 94.2 Å². The second kappa shape index (κ2) is 9.22. The Morgan fingerprint density at radius 1 is 1.82 bits per heavy atom. The molecule has 4 heteroatoms. The standard InChI is InChI=1S/C7H14NO.K.Y/c1-7-5-3-4-6-8(7)9-2;;/h3,7H,4-6H2,1-2H3;;/q-1;;/i5T,6T2,7T;;. The summed E-state index contributed by atoms with van der Waals surface area (Å²) in [4.78, 5) is 4.82. The summed E-state index contributed by atoms with van der Waals surface area (Å²) in [6, 6.07) is -1.36. The fourth-order valence-corrected chi connectivity index (χ4v) is 0.766. The monoisotopic (exact) mass is 264 g/mol. The number of rotatable bonds is 1. The zero-order valence-corrected chi connectivity index (χ0v) is 13.3. The van der Waals surface area contributed by atoms with Gasteiger partial charge in [-0.3, -0.25) is 0 Å². The maximum Gasteiger partial charge on any atom is 0.0575 e. The number of nitrogens with zero attached hydrogens (tertiary/aromatic N) is 1. The van der Waals surface area contributed by atoms with Crippen molar-refractivity contribution in [3.05, 3.63) is 6.42 Å². The number of hydrogen-bond donors (Lipinski definition) is 0. The minimum absolute atomic E-state index is 0. The summed E-state index contributed by atoms with van der Waals surface area (Å²) in [7, 11) is 1.32. The Labute approximate surface area is 143 Å². The molecular weight excluding hydrogens is 242 g/mol. The summed E-state index contributed by atoms with van der Waals surface area (Å²) in [6.07, 6.45) is 0.864. The molecular formula is C7H14KNOY-. The largest absolute Gasteiger partial charge is 0.326 e. The Balaban J connectivity index is 0. The van der Waals surface area contributed by atoms with Crippen LogP contribution in [-0.4, -0.2) is 76.1 Å². The Morgan fingerprint density at radius 2 is 2.45 bits per heavy atom. The van der Waals surface area contributed by atoms with E-state index in [9.17, 15) is 0 Å². The summed E-state index contributed by atoms with van der Waals surface area (Å²) in [6.45, 7) is -0.218. The molecule has 0 aromatic rings. The third-order valence-corrected chi connectivity index (χ3v) is 1.21. The Kier molecular flexibility index (Phi) is 7.49. The van der Waals surface area contributed by atoms with Crippen LogP contribution in [0, 0.1) is 6.42 Å². The van der Waals surface area contributed by atoms with Gasteiger partial charge < -0.3 is 11.3 Å². The summed E-state index contributed by atoms with van der Waals surface area (Å²) in [5.74, 6) is 0. The second-order valence-electron chi connectivity index (χ2n) is 1.88. The predicted molar refractivity (Wildman–Crippen MR) is 42.5 cm³/mol. The third kappa shape index (κ3) is 5.87. The Bertz CT molecular complexity index is 207. The normalized spacial score (nSPS) is 48.4. The van der Waals surface area contributed by atoms with Gasteiger partial charge in [0.25, 0.3) is 0 Å². The van der Waals surface area contributed by atoms with Crippen LogP contribution in [0.25, 0.3) is 0 Å². The van der Waals surface area contributed by atoms with Crippen molar-refractivity contribution in [2.24, 2.45) is 0 Å². The summed E-state index contributed by atoms with van der Waals surface area (Å²) in [5, 5.41) is 0.942. The fourth-order valence-electron chi connectivity index (χ4n) is 0.766. The van der Waals surface area contributed by atoms with E-state index in [-0.39, 0.29) is 90.5 Å². The van der Waals surface area contributed by atoms with E-state index in [2.05, 4.69) is 0 Å². The zero-order valence-electron chi connectivity index (χ0n) is 11.3. The third-order valence-electron chi connectivity index (χ3n) is 1.21. The van der Waals surface area contributed by atoms with Crippen molar-refractivity contribution in [3.8, 4) is 0 Å². The van der Waals surface area contributed by atoms with Crippen LogP contribution in [0.1, 0.15) is 25.2 Å². The van der Waals surface area contributed by atoms with Crippen LogP contribution in [-0.2, 0) is 37.5 Å². The van der Waals surface area contributed by atoms with E-state index in [1.165, 1.54) is 20.5 Å². The number of piperidine rings is 1. The molecule has 1 heterocycles. The molecule has 1 saturated heterocycles. The van der Waals surface area contributed by atoms with Gasteiger partial charge >= 0.3 is 0 Å². The minimum atomic E-state index is -1.69. The van der Waals surface area contributed by atoms with E-state index in [4.69, 9.17) is 10.3 Å². The molecule has 11 heavy (non-hydrogen) atoms. The molecule has 0 spiro atoms. The molecule has 1 aliphatic rings. The first-order valence-corrected chi connectivity index (χ1v) is 2.92. The van der Waals surface area contributed by atoms with Gasteiger partial charge in [-0.15, -0.1) is 0 Å². The first kappa shape index (κ1) is 8.93. The molecule has 2 atom stereocenters. The topological polar surface area (TPSA) is 12.5 Å². The van der Waals surface area contributed by atoms with Gasteiger partial charge in [-0.1, -0.05) is 0 Å². The SMILES string of the molecule is [3H]C1[CH-]CC([3H])([3H])N(OC)C1([3H])C.[K].[Y]. The van der Waals surface area contributed by atoms with Gasteiger partial charge in [0.15, 0.2) is 0 Å². The van der Waals surface area contributed by atoms with Gasteiger partial charge in [-0.2, -0.15) is 17.9 Å². The van der Waals surface area contributed by atoms with E-state index < -0.39 is 18.9 Å². The molecule has 0 amide bonds. The second-order valence-corrected chi connectivity index (χ2v) is 1.88. The van der Waals surface area contributed by atoms with Gasteiger partial charge in [0.05, 0.1) is 7.11 Å². The van der Waals surface area contributed by atoms with E-state index >= 15 is 0 Å². The molecule has 58 valence electrons. The van der Waals surface area contributed by atoms with Crippen molar-refractivity contribution in [1.29, 1.82) is 0 Å². The van der Waals surface area contributed by atoms with Gasteiger partial charge in [0.2, 0.25) is 0 Å². The predicted octanol–water partition coefficient (Wildman–Crippen LogP) is 0.853. The van der Waals surface area contributed by atoms with Crippen molar-refractivity contribution < 1.29 is 43.0 Å². The van der Waals surface area contributed by atoms with Crippen molar-refractivity contribution in [2.45, 2.75) is 25.8 Å². The smallest absolute Gasteiger partial charge is 0.0575 e. The molecule has 0 aromatic carbocycles. The van der Waals surface area contributed by atoms with Crippen LogP contribution in [0.4, 0.5) is 0 Å². The number of hydroxylamine groups is 2. The molecule has 1 fully saturated rings. The molecule has 0 aromatic heterocycles. The maximum absolute atomic E-state index is 7.79. The van der Waals surface area contributed by atoms with Crippen LogP contribution < -0.4 is 0 Å². The van der Waals surface area contributed by atoms with E-state index in [1.54, 1.807) is 0 Å². The van der Waals surface area contributed by atoms with Gasteiger partial charge in [-0.05, 0) is 14.8 Å². The van der Waals surface area contributed by atoms with Gasteiger partial charge in [-0.25, -0.2) is 0 Å². The molecule has 2 unspecified atom stereocenters. The number of hydrogen-bond acceptors (Lipinski definition) is 2. The average molecular weight is 264 g/mol. The zero-order chi connectivity index (χ0) is 10.3. The van der Waals surface area contributed by atoms with Crippen LogP contribution in [0.15, 0.2) is 0 Å². The fraction of sp³-hybridized carbons (Fsp3) is 0.857. The van der Waals surface area contributed by atoms with Crippen LogP contribution in [0.3, 0.4) is 0 Å². The maximum atomic E-state index is 7.79. The summed E-state index contributed by atoms with van der Waals surface area (Å²) >= 11 is 0. The average Bonchev–Trinajstić information content (AvgIpc) is 1.98. The first-order chi connectivity index (χ1) is 5.82. The van der Waals surface area contributed by atoms with Gasteiger partial charge in [0.1, 0.15) is 0 Å². The van der Waals surface area contributed by atoms with Crippen LogP contribution in [0.5, 0.6) is 0 Å². The minimum Gasteiger partial charge on any atom is -0.326 e. The molecule has 2 radical (unpaired) electrons. The van der Waals surface area contributed by atoms with Crippen LogP contribution in [0.2, 0.25) is 0 Å². The molecule has 0 saturated carbocycles. The molecule has 1 rings (SSSR count). The van der Waals surface area contributed by atoms with Crippen molar-refractivity contribution in [2.75, 3.05) is 13.6 Å².